The number of likely N-dealkylation sites (tertiary alicyclic amines) is 1. The maximum Gasteiger partial charge on any atom is 0.230 e. The van der Waals surface area contributed by atoms with Crippen LogP contribution in [0.2, 0.25) is 5.02 Å². The van der Waals surface area contributed by atoms with E-state index in [-0.39, 0.29) is 23.9 Å². The number of piperidine rings is 1. The van der Waals surface area contributed by atoms with E-state index in [0.29, 0.717) is 5.02 Å². The molecule has 3 atom stereocenters. The van der Waals surface area contributed by atoms with Crippen molar-refractivity contribution in [3.63, 3.8) is 0 Å². The Hall–Kier alpha value is -1.06. The Morgan fingerprint density at radius 1 is 1.40 bits per heavy atom. The molecule has 0 aliphatic carbocycles. The summed E-state index contributed by atoms with van der Waals surface area (Å²) >= 11 is 6.01. The van der Waals surface area contributed by atoms with Crippen molar-refractivity contribution in [1.29, 1.82) is 0 Å². The molecule has 0 spiro atoms. The van der Waals surface area contributed by atoms with E-state index < -0.39 is 0 Å². The number of carbonyl (C=O) groups is 1. The van der Waals surface area contributed by atoms with Gasteiger partial charge in [-0.15, -0.1) is 0 Å². The Balaban J connectivity index is 2.16. The summed E-state index contributed by atoms with van der Waals surface area (Å²) < 4.78 is 0. The van der Waals surface area contributed by atoms with E-state index in [1.807, 2.05) is 43.0 Å². The molecule has 0 saturated carbocycles. The summed E-state index contributed by atoms with van der Waals surface area (Å²) in [4.78, 5) is 14.7. The van der Waals surface area contributed by atoms with Gasteiger partial charge >= 0.3 is 0 Å². The van der Waals surface area contributed by atoms with Gasteiger partial charge in [0.2, 0.25) is 5.91 Å². The van der Waals surface area contributed by atoms with Crippen molar-refractivity contribution < 1.29 is 4.79 Å². The van der Waals surface area contributed by atoms with E-state index in [1.54, 1.807) is 0 Å². The highest BCUT2D eigenvalue weighted by atomic mass is 35.5. The first-order valence-electron chi connectivity index (χ1n) is 7.32. The lowest BCUT2D eigenvalue weighted by atomic mass is 9.93. The van der Waals surface area contributed by atoms with Crippen molar-refractivity contribution in [3.05, 3.63) is 34.9 Å². The van der Waals surface area contributed by atoms with Crippen LogP contribution in [-0.2, 0) is 4.79 Å². The first-order chi connectivity index (χ1) is 9.50. The predicted octanol–water partition coefficient (Wildman–Crippen LogP) is 3.17. The molecule has 1 saturated heterocycles. The molecule has 3 unspecified atom stereocenters. The molecule has 2 rings (SSSR count). The maximum atomic E-state index is 12.8. The number of hydrogen-bond donors (Lipinski definition) is 1. The van der Waals surface area contributed by atoms with Gasteiger partial charge in [-0.1, -0.05) is 23.7 Å². The molecule has 0 bridgehead atoms. The first-order valence-corrected chi connectivity index (χ1v) is 7.70. The number of nitrogens with zero attached hydrogens (tertiary/aromatic N) is 1. The fourth-order valence-corrected chi connectivity index (χ4v) is 3.14. The minimum Gasteiger partial charge on any atom is -0.338 e. The molecule has 1 heterocycles. The predicted molar refractivity (Wildman–Crippen MR) is 82.9 cm³/mol. The Labute approximate surface area is 126 Å². The lowest BCUT2D eigenvalue weighted by molar-refractivity contribution is -0.136. The minimum absolute atomic E-state index is 0.0193. The van der Waals surface area contributed by atoms with Crippen molar-refractivity contribution in [2.24, 2.45) is 5.73 Å². The van der Waals surface area contributed by atoms with Crippen molar-refractivity contribution in [2.75, 3.05) is 6.54 Å². The fraction of sp³-hybridized carbons (Fsp3) is 0.562. The molecule has 2 N–H and O–H groups in total. The van der Waals surface area contributed by atoms with Crippen LogP contribution in [0.1, 0.15) is 44.6 Å². The van der Waals surface area contributed by atoms with Gasteiger partial charge in [0.25, 0.3) is 0 Å². The van der Waals surface area contributed by atoms with E-state index in [9.17, 15) is 4.79 Å². The number of rotatable bonds is 3. The van der Waals surface area contributed by atoms with Gasteiger partial charge in [0, 0.05) is 23.7 Å². The zero-order valence-electron chi connectivity index (χ0n) is 12.2. The van der Waals surface area contributed by atoms with Crippen LogP contribution in [0.3, 0.4) is 0 Å². The number of nitrogens with two attached hydrogens (primary N) is 1. The third-order valence-corrected chi connectivity index (χ3v) is 4.39. The molecule has 0 aromatic heterocycles. The highest BCUT2D eigenvalue weighted by Gasteiger charge is 2.32. The molecule has 1 amide bonds. The van der Waals surface area contributed by atoms with Crippen molar-refractivity contribution in [1.82, 2.24) is 4.90 Å². The maximum absolute atomic E-state index is 12.8. The van der Waals surface area contributed by atoms with E-state index in [2.05, 4.69) is 0 Å². The van der Waals surface area contributed by atoms with E-state index in [4.69, 9.17) is 17.3 Å². The first kappa shape index (κ1) is 15.3. The quantitative estimate of drug-likeness (QED) is 0.931. The van der Waals surface area contributed by atoms with Gasteiger partial charge < -0.3 is 10.6 Å². The Morgan fingerprint density at radius 3 is 2.80 bits per heavy atom. The molecule has 1 aromatic carbocycles. The number of carbonyl (C=O) groups excluding carboxylic acids is 1. The molecule has 0 radical (unpaired) electrons. The summed E-state index contributed by atoms with van der Waals surface area (Å²) in [5, 5.41) is 0.671. The lowest BCUT2D eigenvalue weighted by Gasteiger charge is -2.39. The Bertz CT molecular complexity index is 475. The zero-order valence-corrected chi connectivity index (χ0v) is 12.9. The SMILES string of the molecule is CC(C(=O)N1CCCCC1C(C)N)c1cccc(Cl)c1. The molecule has 1 aromatic rings. The average Bonchev–Trinajstić information content (AvgIpc) is 2.45. The summed E-state index contributed by atoms with van der Waals surface area (Å²) in [6.45, 7) is 4.75. The van der Waals surface area contributed by atoms with Crippen molar-refractivity contribution in [3.8, 4) is 0 Å². The molecule has 4 heteroatoms. The van der Waals surface area contributed by atoms with Crippen LogP contribution < -0.4 is 5.73 Å². The van der Waals surface area contributed by atoms with Gasteiger partial charge in [-0.2, -0.15) is 0 Å². The van der Waals surface area contributed by atoms with Crippen LogP contribution in [0.4, 0.5) is 0 Å². The van der Waals surface area contributed by atoms with Gasteiger partial charge in [0.15, 0.2) is 0 Å². The number of hydrogen-bond acceptors (Lipinski definition) is 2. The van der Waals surface area contributed by atoms with E-state index in [1.165, 1.54) is 0 Å². The normalized spacial score (nSPS) is 22.4. The average molecular weight is 295 g/mol. The lowest BCUT2D eigenvalue weighted by Crippen LogP contribution is -2.52. The van der Waals surface area contributed by atoms with Crippen molar-refractivity contribution >= 4 is 17.5 Å². The molecule has 3 nitrogen and oxygen atoms in total. The Morgan fingerprint density at radius 2 is 2.15 bits per heavy atom. The van der Waals surface area contributed by atoms with Crippen LogP contribution in [0, 0.1) is 0 Å². The van der Waals surface area contributed by atoms with Gasteiger partial charge in [0.05, 0.1) is 5.92 Å². The van der Waals surface area contributed by atoms with Gasteiger partial charge in [-0.25, -0.2) is 0 Å². The standard InChI is InChI=1S/C16H23ClN2O/c1-11(13-6-5-7-14(17)10-13)16(20)19-9-4-3-8-15(19)12(2)18/h5-7,10-12,15H,3-4,8-9,18H2,1-2H3. The summed E-state index contributed by atoms with van der Waals surface area (Å²) in [6, 6.07) is 7.73. The summed E-state index contributed by atoms with van der Waals surface area (Å²) in [7, 11) is 0. The molecule has 1 aliphatic rings. The van der Waals surface area contributed by atoms with Gasteiger partial charge in [-0.3, -0.25) is 4.79 Å². The highest BCUT2D eigenvalue weighted by molar-refractivity contribution is 6.30. The van der Waals surface area contributed by atoms with Gasteiger partial charge in [-0.05, 0) is 50.8 Å². The highest BCUT2D eigenvalue weighted by Crippen LogP contribution is 2.26. The molecular weight excluding hydrogens is 272 g/mol. The number of benzene rings is 1. The Kier molecular flexibility index (Phi) is 5.06. The third kappa shape index (κ3) is 3.33. The second-order valence-corrected chi connectivity index (χ2v) is 6.17. The van der Waals surface area contributed by atoms with Crippen LogP contribution in [0.15, 0.2) is 24.3 Å². The van der Waals surface area contributed by atoms with Gasteiger partial charge in [0.1, 0.15) is 0 Å². The summed E-state index contributed by atoms with van der Waals surface area (Å²) in [5.41, 5.74) is 7.01. The zero-order chi connectivity index (χ0) is 14.7. The number of halogens is 1. The van der Waals surface area contributed by atoms with Crippen LogP contribution in [-0.4, -0.2) is 29.4 Å². The molecule has 20 heavy (non-hydrogen) atoms. The number of amides is 1. The second kappa shape index (κ2) is 6.59. The van der Waals surface area contributed by atoms with Crippen LogP contribution >= 0.6 is 11.6 Å². The van der Waals surface area contributed by atoms with E-state index >= 15 is 0 Å². The van der Waals surface area contributed by atoms with Crippen LogP contribution in [0.25, 0.3) is 0 Å². The summed E-state index contributed by atoms with van der Waals surface area (Å²) in [6.07, 6.45) is 3.23. The molecule has 1 fully saturated rings. The molecule has 1 aliphatic heterocycles. The third-order valence-electron chi connectivity index (χ3n) is 4.16. The smallest absolute Gasteiger partial charge is 0.230 e. The van der Waals surface area contributed by atoms with E-state index in [0.717, 1.165) is 31.4 Å². The second-order valence-electron chi connectivity index (χ2n) is 5.73. The minimum atomic E-state index is -0.173. The van der Waals surface area contributed by atoms with Crippen LogP contribution in [0.5, 0.6) is 0 Å². The molecular formula is C16H23ClN2O. The topological polar surface area (TPSA) is 46.3 Å². The van der Waals surface area contributed by atoms with Crippen molar-refractivity contribution in [2.45, 2.75) is 51.1 Å². The molecule has 110 valence electrons. The monoisotopic (exact) mass is 294 g/mol. The summed E-state index contributed by atoms with van der Waals surface area (Å²) in [5.74, 6) is -0.0117. The largest absolute Gasteiger partial charge is 0.338 e. The fourth-order valence-electron chi connectivity index (χ4n) is 2.94.